The maximum absolute atomic E-state index is 13.4. The van der Waals surface area contributed by atoms with E-state index < -0.39 is 66.5 Å². The van der Waals surface area contributed by atoms with Crippen molar-refractivity contribution in [3.8, 4) is 0 Å². The molecule has 0 saturated carbocycles. The summed E-state index contributed by atoms with van der Waals surface area (Å²) in [6, 6.07) is -2.42. The van der Waals surface area contributed by atoms with Crippen LogP contribution in [0.1, 0.15) is 420 Å². The zero-order valence-corrected chi connectivity index (χ0v) is 70.6. The van der Waals surface area contributed by atoms with E-state index in [2.05, 4.69) is 62.8 Å². The van der Waals surface area contributed by atoms with Gasteiger partial charge in [-0.05, 0) is 44.9 Å². The number of urea groups is 1. The number of esters is 2. The summed E-state index contributed by atoms with van der Waals surface area (Å²) in [5, 5.41) is 10.8. The molecule has 23 heteroatoms. The predicted molar refractivity (Wildman–Crippen MR) is 432 cm³/mol. The van der Waals surface area contributed by atoms with Crippen LogP contribution in [0.25, 0.3) is 0 Å². The molecule has 0 heterocycles. The smallest absolute Gasteiger partial charge is 0.462 e. The Kier molecular flexibility index (Phi) is 75.6. The summed E-state index contributed by atoms with van der Waals surface area (Å²) in [5.74, 6) is -1.03. The van der Waals surface area contributed by atoms with Crippen LogP contribution in [0.5, 0.6) is 0 Å². The molecule has 0 radical (unpaired) electrons. The van der Waals surface area contributed by atoms with E-state index in [9.17, 15) is 42.9 Å². The van der Waals surface area contributed by atoms with Gasteiger partial charge in [0.05, 0.1) is 58.3 Å². The summed E-state index contributed by atoms with van der Waals surface area (Å²) in [6.45, 7) is 11.1. The molecule has 21 nitrogen and oxygen atoms in total. The number of unbranched alkanes of at least 4 members (excludes halogenated alkanes) is 46. The van der Waals surface area contributed by atoms with Gasteiger partial charge in [0.25, 0.3) is 0 Å². The molecule has 0 fully saturated rings. The van der Waals surface area contributed by atoms with E-state index in [1.807, 2.05) is 0 Å². The first-order valence-corrected chi connectivity index (χ1v) is 46.9. The predicted octanol–water partition coefficient (Wildman–Crippen LogP) is 22.5. The number of amides is 4. The fourth-order valence-corrected chi connectivity index (χ4v) is 14.4. The van der Waals surface area contributed by atoms with Gasteiger partial charge in [-0.2, -0.15) is 0 Å². The first-order chi connectivity index (χ1) is 51.5. The van der Waals surface area contributed by atoms with E-state index in [4.69, 9.17) is 37.0 Å². The fraction of sp³-hybridized carbons (Fsp3) is 0.940. The minimum atomic E-state index is -4.75. The summed E-state index contributed by atoms with van der Waals surface area (Å²) < 4.78 is 71.9. The first-order valence-electron chi connectivity index (χ1n) is 44.0. The Labute approximate surface area is 647 Å². The lowest BCUT2D eigenvalue weighted by Gasteiger charge is -2.24. The van der Waals surface area contributed by atoms with Crippen LogP contribution in [-0.4, -0.2) is 123 Å². The molecular weight excluding hydrogens is 1390 g/mol. The molecule has 0 aromatic carbocycles. The Balaban J connectivity index is 5.67. The number of carbonyl (C=O) groups is 5. The Bertz CT molecular complexity index is 2100. The number of hydrogen-bond acceptors (Lipinski definition) is 15. The molecule has 6 atom stereocenters. The highest BCUT2D eigenvalue weighted by Crippen LogP contribution is 2.44. The van der Waals surface area contributed by atoms with Crippen molar-refractivity contribution in [3.05, 3.63) is 0 Å². The molecule has 0 aliphatic heterocycles. The normalized spacial score (nSPS) is 13.9. The van der Waals surface area contributed by atoms with Crippen LogP contribution in [0.2, 0.25) is 0 Å². The van der Waals surface area contributed by atoms with E-state index in [0.717, 1.165) is 154 Å². The van der Waals surface area contributed by atoms with E-state index in [1.165, 1.54) is 173 Å². The van der Waals surface area contributed by atoms with Gasteiger partial charge in [0.2, 0.25) is 18.1 Å². The van der Waals surface area contributed by atoms with Gasteiger partial charge in [-0.25, -0.2) is 13.9 Å². The number of rotatable bonds is 84. The standard InChI is InChI=1S/C83H164N4O17P2/c1-7-13-19-25-30-34-36-40-43-48-54-60-78(88)86-75(71-97-68-65-77(59-53-47-24-18-12-6)103-80(90)62-56-50-45-38-32-27-21-15-9-3)73-101-105(93,94)99-69-66-84-83(92)85-67-70-100-106(95,96)102-74-76(87-79(89)61-55-49-44-41-37-35-31-26-20-14-8-2)72-98-82(64-58-52-42-29-23-17-11-5)104-81(91)63-57-51-46-39-33-28-22-16-10-4/h75-77,82H,7-74H2,1-6H3,(H,86,88)(H,87,89)(H,93,94)(H,95,96)(H2,84,85,92)/t75-,76+,77-,82-/m1/s1. The average molecular weight is 1550 g/mol. The number of nitrogens with one attached hydrogen (secondary N) is 4. The molecule has 6 N–H and O–H groups in total. The summed E-state index contributed by atoms with van der Waals surface area (Å²) >= 11 is 0. The second-order valence-electron chi connectivity index (χ2n) is 30.0. The van der Waals surface area contributed by atoms with Gasteiger partial charge in [-0.15, -0.1) is 0 Å². The van der Waals surface area contributed by atoms with Gasteiger partial charge >= 0.3 is 33.6 Å². The third kappa shape index (κ3) is 74.1. The molecule has 0 aromatic heterocycles. The van der Waals surface area contributed by atoms with Gasteiger partial charge in [0.1, 0.15) is 6.10 Å². The quantitative estimate of drug-likeness (QED) is 0.0143. The lowest BCUT2D eigenvalue weighted by molar-refractivity contribution is -0.182. The summed E-state index contributed by atoms with van der Waals surface area (Å²) in [4.78, 5) is 87.2. The van der Waals surface area contributed by atoms with Crippen molar-refractivity contribution in [3.63, 3.8) is 0 Å². The van der Waals surface area contributed by atoms with Crippen LogP contribution in [-0.2, 0) is 65.4 Å². The zero-order chi connectivity index (χ0) is 77.8. The van der Waals surface area contributed by atoms with Gasteiger partial charge < -0.3 is 50.0 Å². The molecule has 2 unspecified atom stereocenters. The molecule has 0 bridgehead atoms. The Morgan fingerprint density at radius 1 is 0.311 bits per heavy atom. The number of ether oxygens (including phenoxy) is 4. The summed E-state index contributed by atoms with van der Waals surface area (Å²) in [5.41, 5.74) is 0. The topological polar surface area (TPSA) is 282 Å². The third-order valence-corrected chi connectivity index (χ3v) is 21.5. The SMILES string of the molecule is CCCCCCCCCCCCCC(=O)N[C@H](COCC[C@@H](CCCCCCC)OC(=O)CCCCCCCCCCC)COP(=O)(O)OCCNC(=O)NCCOP(=O)(O)OC[C@H](CO[C@@H](CCCCCCCCC)OC(=O)CCCCCCCCCCC)NC(=O)CCCCCCCCCCCCC. The third-order valence-electron chi connectivity index (χ3n) is 19.5. The largest absolute Gasteiger partial charge is 0.472 e. The second-order valence-corrected chi connectivity index (χ2v) is 32.9. The molecule has 0 spiro atoms. The van der Waals surface area contributed by atoms with Crippen molar-refractivity contribution >= 4 is 45.4 Å². The van der Waals surface area contributed by atoms with E-state index in [1.54, 1.807) is 0 Å². The highest BCUT2D eigenvalue weighted by atomic mass is 31.2. The number of phosphoric acid groups is 2. The molecule has 0 aromatic rings. The molecule has 4 amide bonds. The summed E-state index contributed by atoms with van der Waals surface area (Å²) in [7, 11) is -9.46. The molecule has 0 aliphatic carbocycles. The maximum atomic E-state index is 13.4. The van der Waals surface area contributed by atoms with Crippen LogP contribution in [0, 0.1) is 0 Å². The van der Waals surface area contributed by atoms with E-state index in [0.29, 0.717) is 32.1 Å². The van der Waals surface area contributed by atoms with Crippen molar-refractivity contribution in [1.82, 2.24) is 21.3 Å². The highest BCUT2D eigenvalue weighted by molar-refractivity contribution is 7.47. The van der Waals surface area contributed by atoms with Crippen molar-refractivity contribution < 1.29 is 79.9 Å². The van der Waals surface area contributed by atoms with E-state index in [-0.39, 0.29) is 82.0 Å². The Hall–Kier alpha value is -2.71. The van der Waals surface area contributed by atoms with Gasteiger partial charge in [0, 0.05) is 51.6 Å². The highest BCUT2D eigenvalue weighted by Gasteiger charge is 2.28. The van der Waals surface area contributed by atoms with Crippen molar-refractivity contribution in [2.75, 3.05) is 59.3 Å². The van der Waals surface area contributed by atoms with Crippen molar-refractivity contribution in [2.24, 2.45) is 0 Å². The molecule has 0 saturated heterocycles. The van der Waals surface area contributed by atoms with E-state index >= 15 is 0 Å². The van der Waals surface area contributed by atoms with Crippen LogP contribution in [0.3, 0.4) is 0 Å². The minimum absolute atomic E-state index is 0.0323. The fourth-order valence-electron chi connectivity index (χ4n) is 12.9. The lowest BCUT2D eigenvalue weighted by Crippen LogP contribution is -2.42. The van der Waals surface area contributed by atoms with Crippen LogP contribution in [0.4, 0.5) is 4.79 Å². The molecule has 106 heavy (non-hydrogen) atoms. The van der Waals surface area contributed by atoms with Crippen LogP contribution < -0.4 is 21.3 Å². The number of carbonyl (C=O) groups excluding carboxylic acids is 5. The van der Waals surface area contributed by atoms with Crippen LogP contribution >= 0.6 is 15.6 Å². The monoisotopic (exact) mass is 1550 g/mol. The van der Waals surface area contributed by atoms with Crippen LogP contribution in [0.15, 0.2) is 0 Å². The summed E-state index contributed by atoms with van der Waals surface area (Å²) in [6.07, 6.45) is 60.1. The Morgan fingerprint density at radius 2 is 0.604 bits per heavy atom. The van der Waals surface area contributed by atoms with Crippen molar-refractivity contribution in [2.45, 2.75) is 445 Å². The van der Waals surface area contributed by atoms with Gasteiger partial charge in [0.15, 0.2) is 0 Å². The van der Waals surface area contributed by atoms with Crippen molar-refractivity contribution in [1.29, 1.82) is 0 Å². The van der Waals surface area contributed by atoms with Gasteiger partial charge in [-0.3, -0.25) is 37.3 Å². The zero-order valence-electron chi connectivity index (χ0n) is 68.8. The molecular formula is C83H164N4O17P2. The molecule has 0 rings (SSSR count). The molecule has 0 aliphatic rings. The average Bonchev–Trinajstić information content (AvgIpc) is 0.843. The van der Waals surface area contributed by atoms with Gasteiger partial charge in [-0.1, -0.05) is 337 Å². The first kappa shape index (κ1) is 103. The maximum Gasteiger partial charge on any atom is 0.472 e. The number of phosphoric ester groups is 2. The number of hydrogen-bond donors (Lipinski definition) is 6. The Morgan fingerprint density at radius 3 is 0.953 bits per heavy atom. The molecule has 628 valence electrons. The second kappa shape index (κ2) is 77.6. The minimum Gasteiger partial charge on any atom is -0.462 e. The lowest BCUT2D eigenvalue weighted by atomic mass is 10.1.